The number of carbonyl (C=O) groups is 3. The maximum atomic E-state index is 13.2. The second-order valence-corrected chi connectivity index (χ2v) is 8.68. The highest BCUT2D eigenvalue weighted by Gasteiger charge is 2.29. The number of nitrogens with one attached hydrogen (secondary N) is 2. The van der Waals surface area contributed by atoms with Crippen LogP contribution in [-0.2, 0) is 16.0 Å². The predicted octanol–water partition coefficient (Wildman–Crippen LogP) is 2.11. The van der Waals surface area contributed by atoms with Crippen molar-refractivity contribution in [2.24, 2.45) is 5.92 Å². The predicted molar refractivity (Wildman–Crippen MR) is 124 cm³/mol. The minimum absolute atomic E-state index is 0.135. The molecule has 4 bridgehead atoms. The van der Waals surface area contributed by atoms with Gasteiger partial charge in [0.1, 0.15) is 23.6 Å². The number of fused-ring (bicyclic) bond motifs is 8. The number of hydrogen-bond acceptors (Lipinski definition) is 5. The lowest BCUT2D eigenvalue weighted by Crippen LogP contribution is -2.55. The van der Waals surface area contributed by atoms with Crippen LogP contribution in [-0.4, -0.2) is 60.0 Å². The maximum absolute atomic E-state index is 13.2. The van der Waals surface area contributed by atoms with Crippen molar-refractivity contribution < 1.29 is 24.2 Å². The Morgan fingerprint density at radius 2 is 1.85 bits per heavy atom. The molecular weight excluding hydrogens is 422 g/mol. The minimum Gasteiger partial charge on any atom is -0.457 e. The number of rotatable bonds is 5. The molecular formula is C25H31N3O5. The quantitative estimate of drug-likeness (QED) is 0.643. The zero-order valence-corrected chi connectivity index (χ0v) is 19.2. The number of amides is 3. The molecule has 0 radical (unpaired) electrons. The average Bonchev–Trinajstić information content (AvgIpc) is 2.78. The van der Waals surface area contributed by atoms with Crippen molar-refractivity contribution in [2.75, 3.05) is 20.2 Å². The third-order valence-corrected chi connectivity index (χ3v) is 5.45. The van der Waals surface area contributed by atoms with E-state index < -0.39 is 23.9 Å². The molecule has 2 aromatic rings. The summed E-state index contributed by atoms with van der Waals surface area (Å²) in [5, 5.41) is 14.9. The second kappa shape index (κ2) is 11.0. The van der Waals surface area contributed by atoms with Gasteiger partial charge >= 0.3 is 0 Å². The fourth-order valence-electron chi connectivity index (χ4n) is 3.71. The molecule has 2 aliphatic heterocycles. The van der Waals surface area contributed by atoms with Crippen LogP contribution < -0.4 is 15.4 Å². The molecule has 3 N–H and O–H groups in total. The molecule has 0 aromatic heterocycles. The normalized spacial score (nSPS) is 18.6. The molecule has 3 amide bonds. The lowest BCUT2D eigenvalue weighted by Gasteiger charge is -2.27. The van der Waals surface area contributed by atoms with E-state index in [1.165, 1.54) is 4.90 Å². The molecule has 2 aliphatic rings. The average molecular weight is 454 g/mol. The van der Waals surface area contributed by atoms with Gasteiger partial charge in [0.25, 0.3) is 5.91 Å². The van der Waals surface area contributed by atoms with Crippen molar-refractivity contribution in [1.82, 2.24) is 15.5 Å². The van der Waals surface area contributed by atoms with E-state index in [0.29, 0.717) is 23.5 Å². The van der Waals surface area contributed by atoms with Crippen molar-refractivity contribution >= 4 is 17.7 Å². The van der Waals surface area contributed by atoms with Crippen molar-refractivity contribution in [3.8, 4) is 11.5 Å². The molecule has 0 unspecified atom stereocenters. The van der Waals surface area contributed by atoms with Crippen molar-refractivity contribution in [1.29, 1.82) is 0 Å². The number of aliphatic hydroxyl groups is 1. The number of benzene rings is 2. The Morgan fingerprint density at radius 3 is 2.52 bits per heavy atom. The smallest absolute Gasteiger partial charge is 0.252 e. The van der Waals surface area contributed by atoms with Gasteiger partial charge in [0.05, 0.1) is 6.61 Å². The van der Waals surface area contributed by atoms with Crippen LogP contribution in [0.15, 0.2) is 48.5 Å². The van der Waals surface area contributed by atoms with E-state index >= 15 is 0 Å². The molecule has 0 saturated carbocycles. The van der Waals surface area contributed by atoms with Crippen LogP contribution in [0.1, 0.15) is 36.2 Å². The molecule has 2 aromatic carbocycles. The highest BCUT2D eigenvalue weighted by molar-refractivity contribution is 5.98. The van der Waals surface area contributed by atoms with Crippen LogP contribution in [0.5, 0.6) is 11.5 Å². The molecule has 8 heteroatoms. The summed E-state index contributed by atoms with van der Waals surface area (Å²) < 4.78 is 5.89. The van der Waals surface area contributed by atoms with Crippen LogP contribution in [0.3, 0.4) is 0 Å². The third kappa shape index (κ3) is 6.55. The van der Waals surface area contributed by atoms with Gasteiger partial charge in [0, 0.05) is 25.6 Å². The molecule has 0 fully saturated rings. The molecule has 0 saturated heterocycles. The second-order valence-electron chi connectivity index (χ2n) is 8.68. The van der Waals surface area contributed by atoms with Crippen LogP contribution in [0.4, 0.5) is 0 Å². The molecule has 2 heterocycles. The van der Waals surface area contributed by atoms with E-state index in [1.807, 2.05) is 26.0 Å². The SMILES string of the molecule is CC(C)C[C@@H]1NC(=O)c2cccc(c2)Oc2ccc(cc2)C[C@@H](C(=O)N(C)CCO)NC1=O. The van der Waals surface area contributed by atoms with Crippen LogP contribution in [0, 0.1) is 5.92 Å². The van der Waals surface area contributed by atoms with Gasteiger partial charge in [0.15, 0.2) is 0 Å². The van der Waals surface area contributed by atoms with Crippen molar-refractivity contribution in [3.63, 3.8) is 0 Å². The molecule has 0 aliphatic carbocycles. The lowest BCUT2D eigenvalue weighted by molar-refractivity contribution is -0.136. The molecule has 33 heavy (non-hydrogen) atoms. The molecule has 4 rings (SSSR count). The fourth-order valence-corrected chi connectivity index (χ4v) is 3.71. The fraction of sp³-hybridized carbons (Fsp3) is 0.400. The monoisotopic (exact) mass is 453 g/mol. The topological polar surface area (TPSA) is 108 Å². The van der Waals surface area contributed by atoms with E-state index in [2.05, 4.69) is 10.6 Å². The first-order valence-electron chi connectivity index (χ1n) is 11.1. The summed E-state index contributed by atoms with van der Waals surface area (Å²) in [7, 11) is 1.58. The number of hydrogen-bond donors (Lipinski definition) is 3. The van der Waals surface area contributed by atoms with Crippen molar-refractivity contribution in [2.45, 2.75) is 38.8 Å². The Labute approximate surface area is 193 Å². The van der Waals surface area contributed by atoms with E-state index in [9.17, 15) is 19.5 Å². The Kier molecular flexibility index (Phi) is 8.06. The summed E-state index contributed by atoms with van der Waals surface area (Å²) in [6.45, 7) is 3.89. The number of nitrogens with zero attached hydrogens (tertiary/aromatic N) is 1. The van der Waals surface area contributed by atoms with Crippen LogP contribution in [0.2, 0.25) is 0 Å². The summed E-state index contributed by atoms with van der Waals surface area (Å²) in [6.07, 6.45) is 0.673. The van der Waals surface area contributed by atoms with Crippen LogP contribution in [0.25, 0.3) is 0 Å². The Balaban J connectivity index is 1.99. The van der Waals surface area contributed by atoms with Gasteiger partial charge in [-0.05, 0) is 48.2 Å². The number of aliphatic hydroxyl groups excluding tert-OH is 1. The summed E-state index contributed by atoms with van der Waals surface area (Å²) in [5.74, 6) is 0.0967. The first-order valence-corrected chi connectivity index (χ1v) is 11.1. The molecule has 0 spiro atoms. The summed E-state index contributed by atoms with van der Waals surface area (Å²) in [6, 6.07) is 12.3. The van der Waals surface area contributed by atoms with E-state index in [4.69, 9.17) is 4.74 Å². The molecule has 2 atom stereocenters. The van der Waals surface area contributed by atoms with Gasteiger partial charge in [0.2, 0.25) is 11.8 Å². The van der Waals surface area contributed by atoms with Gasteiger partial charge in [-0.3, -0.25) is 14.4 Å². The Bertz CT molecular complexity index is 990. The first kappa shape index (κ1) is 24.3. The standard InChI is InChI=1S/C25H31N3O5/c1-16(2)13-21-24(31)27-22(25(32)28(3)11-12-29)14-17-7-9-19(10-8-17)33-20-6-4-5-18(15-20)23(30)26-21/h4-10,15-16,21-22,29H,11-14H2,1-3H3,(H,26,30)(H,27,31)/t21-,22-/m0/s1. The highest BCUT2D eigenvalue weighted by atomic mass is 16.5. The number of ether oxygens (including phenoxy) is 1. The lowest BCUT2D eigenvalue weighted by atomic mass is 10.0. The summed E-state index contributed by atoms with van der Waals surface area (Å²) >= 11 is 0. The summed E-state index contributed by atoms with van der Waals surface area (Å²) in [5.41, 5.74) is 1.21. The molecule has 8 nitrogen and oxygen atoms in total. The largest absolute Gasteiger partial charge is 0.457 e. The van der Waals surface area contributed by atoms with Gasteiger partial charge in [-0.15, -0.1) is 0 Å². The number of likely N-dealkylation sites (N-methyl/N-ethyl adjacent to an activating group) is 1. The maximum Gasteiger partial charge on any atom is 0.252 e. The minimum atomic E-state index is -0.849. The zero-order valence-electron chi connectivity index (χ0n) is 19.2. The van der Waals surface area contributed by atoms with Gasteiger partial charge in [-0.25, -0.2) is 0 Å². The van der Waals surface area contributed by atoms with Crippen molar-refractivity contribution in [3.05, 3.63) is 59.7 Å². The Morgan fingerprint density at radius 1 is 1.12 bits per heavy atom. The highest BCUT2D eigenvalue weighted by Crippen LogP contribution is 2.24. The van der Waals surface area contributed by atoms with Crippen LogP contribution >= 0.6 is 0 Å². The summed E-state index contributed by atoms with van der Waals surface area (Å²) in [4.78, 5) is 40.6. The van der Waals surface area contributed by atoms with E-state index in [1.54, 1.807) is 43.4 Å². The van der Waals surface area contributed by atoms with E-state index in [0.717, 1.165) is 5.56 Å². The Hall–Kier alpha value is -3.39. The van der Waals surface area contributed by atoms with Gasteiger partial charge in [-0.1, -0.05) is 32.0 Å². The first-order chi connectivity index (χ1) is 15.8. The molecule has 176 valence electrons. The zero-order chi connectivity index (χ0) is 24.0. The van der Waals surface area contributed by atoms with E-state index in [-0.39, 0.29) is 31.4 Å². The number of carbonyl (C=O) groups excluding carboxylic acids is 3. The third-order valence-electron chi connectivity index (χ3n) is 5.45. The van der Waals surface area contributed by atoms with Gasteiger partial charge < -0.3 is 25.4 Å². The van der Waals surface area contributed by atoms with Gasteiger partial charge in [-0.2, -0.15) is 0 Å².